The van der Waals surface area contributed by atoms with Gasteiger partial charge in [-0.2, -0.15) is 0 Å². The van der Waals surface area contributed by atoms with Gasteiger partial charge >= 0.3 is 0 Å². The quantitative estimate of drug-likeness (QED) is 0.243. The number of amides is 2. The van der Waals surface area contributed by atoms with Gasteiger partial charge < -0.3 is 10.2 Å². The third-order valence-electron chi connectivity index (χ3n) is 6.65. The van der Waals surface area contributed by atoms with Crippen molar-refractivity contribution in [2.45, 2.75) is 58.0 Å². The molecule has 2 amide bonds. The van der Waals surface area contributed by atoms with Crippen molar-refractivity contribution in [1.29, 1.82) is 0 Å². The molecule has 0 saturated carbocycles. The molecule has 0 saturated heterocycles. The first-order valence-corrected chi connectivity index (χ1v) is 15.8. The average molecular weight is 619 g/mol. The zero-order valence-electron chi connectivity index (χ0n) is 23.8. The van der Waals surface area contributed by atoms with E-state index in [0.29, 0.717) is 34.3 Å². The van der Waals surface area contributed by atoms with Crippen LogP contribution in [-0.2, 0) is 32.6 Å². The van der Waals surface area contributed by atoms with E-state index in [0.717, 1.165) is 16.3 Å². The molecule has 0 aromatic heterocycles. The Hall–Kier alpha value is -3.07. The first kappa shape index (κ1) is 32.4. The molecule has 0 spiro atoms. The van der Waals surface area contributed by atoms with Gasteiger partial charge in [0.2, 0.25) is 11.8 Å². The van der Waals surface area contributed by atoms with Crippen LogP contribution >= 0.6 is 23.2 Å². The minimum Gasteiger partial charge on any atom is -0.354 e. The van der Waals surface area contributed by atoms with Gasteiger partial charge in [-0.25, -0.2) is 8.42 Å². The van der Waals surface area contributed by atoms with Gasteiger partial charge in [-0.15, -0.1) is 0 Å². The van der Waals surface area contributed by atoms with Gasteiger partial charge in [-0.3, -0.25) is 13.9 Å². The second kappa shape index (κ2) is 14.7. The number of hydrogen-bond acceptors (Lipinski definition) is 4. The summed E-state index contributed by atoms with van der Waals surface area (Å²) < 4.78 is 28.9. The molecular formula is C31H37Cl2N3O4S. The van der Waals surface area contributed by atoms with E-state index in [2.05, 4.69) is 5.32 Å². The zero-order chi connectivity index (χ0) is 30.2. The molecule has 0 aliphatic carbocycles. The number of carbonyl (C=O) groups is 2. The molecule has 3 rings (SSSR count). The van der Waals surface area contributed by atoms with Gasteiger partial charge in [0.15, 0.2) is 0 Å². The smallest absolute Gasteiger partial charge is 0.264 e. The summed E-state index contributed by atoms with van der Waals surface area (Å²) in [5, 5.41) is 3.60. The molecule has 41 heavy (non-hydrogen) atoms. The number of sulfonamides is 1. The van der Waals surface area contributed by atoms with Crippen LogP contribution in [0.25, 0.3) is 0 Å². The van der Waals surface area contributed by atoms with Gasteiger partial charge in [0, 0.05) is 13.1 Å². The van der Waals surface area contributed by atoms with Crippen molar-refractivity contribution in [3.8, 4) is 0 Å². The summed E-state index contributed by atoms with van der Waals surface area (Å²) >= 11 is 12.4. The molecule has 1 unspecified atom stereocenters. The van der Waals surface area contributed by atoms with E-state index in [-0.39, 0.29) is 23.3 Å². The Labute approximate surface area is 253 Å². The second-order valence-electron chi connectivity index (χ2n) is 10.2. The van der Waals surface area contributed by atoms with E-state index in [1.54, 1.807) is 48.5 Å². The number of nitrogens with one attached hydrogen (secondary N) is 1. The van der Waals surface area contributed by atoms with Crippen LogP contribution in [0.5, 0.6) is 0 Å². The Balaban J connectivity index is 2.05. The third kappa shape index (κ3) is 8.47. The minimum atomic E-state index is -4.11. The van der Waals surface area contributed by atoms with E-state index < -0.39 is 28.5 Å². The van der Waals surface area contributed by atoms with Crippen LogP contribution in [0.2, 0.25) is 10.0 Å². The molecule has 7 nitrogen and oxygen atoms in total. The van der Waals surface area contributed by atoms with Crippen molar-refractivity contribution in [2.24, 2.45) is 5.92 Å². The molecule has 0 radical (unpaired) electrons. The molecule has 1 N–H and O–H groups in total. The zero-order valence-corrected chi connectivity index (χ0v) is 26.1. The van der Waals surface area contributed by atoms with Crippen molar-refractivity contribution in [3.63, 3.8) is 0 Å². The fraction of sp³-hybridized carbons (Fsp3) is 0.355. The molecule has 220 valence electrons. The summed E-state index contributed by atoms with van der Waals surface area (Å²) in [7, 11) is -4.11. The van der Waals surface area contributed by atoms with Crippen LogP contribution in [0, 0.1) is 5.92 Å². The Kier molecular flexibility index (Phi) is 11.6. The van der Waals surface area contributed by atoms with Crippen molar-refractivity contribution in [3.05, 3.63) is 94.0 Å². The van der Waals surface area contributed by atoms with Crippen molar-refractivity contribution in [2.75, 3.05) is 17.4 Å². The first-order chi connectivity index (χ1) is 19.5. The molecule has 0 fully saturated rings. The van der Waals surface area contributed by atoms with Crippen molar-refractivity contribution >= 4 is 50.7 Å². The highest BCUT2D eigenvalue weighted by atomic mass is 35.5. The summed E-state index contributed by atoms with van der Waals surface area (Å²) in [5.74, 6) is -0.616. The average Bonchev–Trinajstić information content (AvgIpc) is 2.96. The Morgan fingerprint density at radius 1 is 0.878 bits per heavy atom. The van der Waals surface area contributed by atoms with Crippen LogP contribution < -0.4 is 9.62 Å². The van der Waals surface area contributed by atoms with Crippen LogP contribution in [0.1, 0.15) is 45.2 Å². The highest BCUT2D eigenvalue weighted by Crippen LogP contribution is 2.27. The Bertz CT molecular complexity index is 1430. The molecule has 0 bridgehead atoms. The molecule has 0 aliphatic rings. The number of halogens is 2. The lowest BCUT2D eigenvalue weighted by atomic mass is 10.1. The lowest BCUT2D eigenvalue weighted by molar-refractivity contribution is -0.140. The predicted molar refractivity (Wildman–Crippen MR) is 166 cm³/mol. The molecule has 0 heterocycles. The predicted octanol–water partition coefficient (Wildman–Crippen LogP) is 6.33. The maximum atomic E-state index is 14.1. The van der Waals surface area contributed by atoms with Gasteiger partial charge in [-0.1, -0.05) is 87.3 Å². The van der Waals surface area contributed by atoms with E-state index >= 15 is 0 Å². The maximum Gasteiger partial charge on any atom is 0.264 e. The van der Waals surface area contributed by atoms with Gasteiger partial charge in [0.1, 0.15) is 12.6 Å². The fourth-order valence-electron chi connectivity index (χ4n) is 4.32. The van der Waals surface area contributed by atoms with E-state index in [1.807, 2.05) is 39.8 Å². The van der Waals surface area contributed by atoms with Gasteiger partial charge in [0.05, 0.1) is 20.6 Å². The Morgan fingerprint density at radius 3 is 2.07 bits per heavy atom. The first-order valence-electron chi connectivity index (χ1n) is 13.7. The number of benzene rings is 3. The third-order valence-corrected chi connectivity index (χ3v) is 9.18. The molecule has 1 atom stereocenters. The topological polar surface area (TPSA) is 86.8 Å². The number of hydrogen-bond donors (Lipinski definition) is 1. The second-order valence-corrected chi connectivity index (χ2v) is 12.9. The van der Waals surface area contributed by atoms with E-state index in [4.69, 9.17) is 23.2 Å². The van der Waals surface area contributed by atoms with Crippen LogP contribution in [-0.4, -0.2) is 44.3 Å². The lowest BCUT2D eigenvalue weighted by Gasteiger charge is -2.33. The Morgan fingerprint density at radius 2 is 1.51 bits per heavy atom. The summed E-state index contributed by atoms with van der Waals surface area (Å²) in [4.78, 5) is 28.9. The summed E-state index contributed by atoms with van der Waals surface area (Å²) in [6.07, 6.45) is 1.11. The molecule has 10 heteroatoms. The molecule has 3 aromatic rings. The highest BCUT2D eigenvalue weighted by Gasteiger charge is 2.33. The summed E-state index contributed by atoms with van der Waals surface area (Å²) in [6, 6.07) is 19.2. The largest absolute Gasteiger partial charge is 0.354 e. The number of aryl methyl sites for hydroxylation is 1. The number of anilines is 1. The summed E-state index contributed by atoms with van der Waals surface area (Å²) in [6.45, 7) is 7.77. The van der Waals surface area contributed by atoms with Gasteiger partial charge in [0.25, 0.3) is 10.0 Å². The lowest BCUT2D eigenvalue weighted by Crippen LogP contribution is -2.52. The van der Waals surface area contributed by atoms with Crippen molar-refractivity contribution in [1.82, 2.24) is 10.2 Å². The minimum absolute atomic E-state index is 0.0390. The fourth-order valence-corrected chi connectivity index (χ4v) is 6.08. The van der Waals surface area contributed by atoms with Crippen LogP contribution in [0.4, 0.5) is 5.69 Å². The molecule has 0 aliphatic heterocycles. The maximum absolute atomic E-state index is 14.1. The van der Waals surface area contributed by atoms with Crippen LogP contribution in [0.3, 0.4) is 0 Å². The van der Waals surface area contributed by atoms with Crippen LogP contribution in [0.15, 0.2) is 77.7 Å². The number of carbonyl (C=O) groups excluding carboxylic acids is 2. The SMILES string of the molecule is CCc1ccc(N(CC(=O)N(Cc2ccc(Cl)c(Cl)c2)C(CC)C(=O)NCC(C)C)S(=O)(=O)c2ccccc2)cc1. The highest BCUT2D eigenvalue weighted by molar-refractivity contribution is 7.92. The molecular weight excluding hydrogens is 581 g/mol. The number of nitrogens with zero attached hydrogens (tertiary/aromatic N) is 2. The normalized spacial score (nSPS) is 12.2. The van der Waals surface area contributed by atoms with Gasteiger partial charge in [-0.05, 0) is 66.3 Å². The monoisotopic (exact) mass is 617 g/mol. The molecule has 3 aromatic carbocycles. The standard InChI is InChI=1S/C31H37Cl2N3O4S/c1-5-23-12-15-25(16-13-23)36(41(39,40)26-10-8-7-9-11-26)21-30(37)35(20-24-14-17-27(32)28(33)18-24)29(6-2)31(38)34-19-22(3)4/h7-18,22,29H,5-6,19-21H2,1-4H3,(H,34,38). The van der Waals surface area contributed by atoms with E-state index in [9.17, 15) is 18.0 Å². The van der Waals surface area contributed by atoms with E-state index in [1.165, 1.54) is 17.0 Å². The number of rotatable bonds is 13. The van der Waals surface area contributed by atoms with Crippen molar-refractivity contribution < 1.29 is 18.0 Å². The summed E-state index contributed by atoms with van der Waals surface area (Å²) in [5.41, 5.74) is 2.05.